The number of para-hydroxylation sites is 1. The van der Waals surface area contributed by atoms with Gasteiger partial charge in [-0.1, -0.05) is 41.9 Å². The number of nitrogens with zero attached hydrogens (tertiary/aromatic N) is 2. The zero-order valence-electron chi connectivity index (χ0n) is 11.1. The van der Waals surface area contributed by atoms with Crippen LogP contribution in [-0.2, 0) is 13.5 Å². The van der Waals surface area contributed by atoms with Crippen LogP contribution in [0.1, 0.15) is 17.4 Å². The molecule has 2 aromatic carbocycles. The summed E-state index contributed by atoms with van der Waals surface area (Å²) in [5.74, 6) is 0. The molecule has 1 N–H and O–H groups in total. The maximum absolute atomic E-state index is 10.4. The van der Waals surface area contributed by atoms with E-state index in [1.54, 1.807) is 4.68 Å². The molecule has 20 heavy (non-hydrogen) atoms. The molecule has 0 saturated carbocycles. The van der Waals surface area contributed by atoms with Gasteiger partial charge in [-0.2, -0.15) is 5.10 Å². The minimum atomic E-state index is -0.623. The average Bonchev–Trinajstić information content (AvgIpc) is 2.79. The number of fused-ring (bicyclic) bond motifs is 1. The highest BCUT2D eigenvalue weighted by Crippen LogP contribution is 2.25. The molecule has 0 amide bonds. The average molecular weight is 287 g/mol. The molecule has 0 radical (unpaired) electrons. The second-order valence-electron chi connectivity index (χ2n) is 4.87. The van der Waals surface area contributed by atoms with Crippen molar-refractivity contribution in [1.29, 1.82) is 0 Å². The Labute approximate surface area is 122 Å². The third kappa shape index (κ3) is 2.42. The molecule has 0 bridgehead atoms. The second-order valence-corrected chi connectivity index (χ2v) is 5.31. The van der Waals surface area contributed by atoms with Gasteiger partial charge in [-0.3, -0.25) is 4.68 Å². The maximum atomic E-state index is 10.4. The van der Waals surface area contributed by atoms with Gasteiger partial charge < -0.3 is 5.11 Å². The van der Waals surface area contributed by atoms with Gasteiger partial charge in [-0.05, 0) is 23.8 Å². The van der Waals surface area contributed by atoms with Gasteiger partial charge in [0.05, 0.1) is 11.2 Å². The minimum Gasteiger partial charge on any atom is -0.386 e. The lowest BCUT2D eigenvalue weighted by atomic mass is 10.0. The van der Waals surface area contributed by atoms with Gasteiger partial charge in [-0.15, -0.1) is 0 Å². The molecule has 1 unspecified atom stereocenters. The van der Waals surface area contributed by atoms with Crippen LogP contribution in [0.3, 0.4) is 0 Å². The molecule has 1 heterocycles. The van der Waals surface area contributed by atoms with Crippen LogP contribution in [0.4, 0.5) is 0 Å². The number of hydrogen-bond acceptors (Lipinski definition) is 2. The maximum Gasteiger partial charge on any atom is 0.102 e. The molecular weight excluding hydrogens is 272 g/mol. The first kappa shape index (κ1) is 13.2. The third-order valence-corrected chi connectivity index (χ3v) is 3.70. The van der Waals surface area contributed by atoms with Crippen LogP contribution in [-0.4, -0.2) is 14.9 Å². The van der Waals surface area contributed by atoms with E-state index in [1.807, 2.05) is 55.6 Å². The molecule has 4 heteroatoms. The lowest BCUT2D eigenvalue weighted by Crippen LogP contribution is -2.04. The van der Waals surface area contributed by atoms with Crippen LogP contribution >= 0.6 is 11.6 Å². The minimum absolute atomic E-state index is 0.526. The topological polar surface area (TPSA) is 38.0 Å². The largest absolute Gasteiger partial charge is 0.386 e. The van der Waals surface area contributed by atoms with E-state index in [1.165, 1.54) is 0 Å². The molecule has 0 fully saturated rings. The third-order valence-electron chi connectivity index (χ3n) is 3.44. The van der Waals surface area contributed by atoms with Gasteiger partial charge in [0.25, 0.3) is 0 Å². The Morgan fingerprint density at radius 3 is 2.60 bits per heavy atom. The predicted octanol–water partition coefficient (Wildman–Crippen LogP) is 3.50. The predicted molar refractivity (Wildman–Crippen MR) is 80.8 cm³/mol. The van der Waals surface area contributed by atoms with Crippen molar-refractivity contribution in [2.75, 3.05) is 0 Å². The summed E-state index contributed by atoms with van der Waals surface area (Å²) in [6.45, 7) is 0. The van der Waals surface area contributed by atoms with Crippen LogP contribution in [0.5, 0.6) is 0 Å². The van der Waals surface area contributed by atoms with Crippen LogP contribution in [0.25, 0.3) is 10.9 Å². The van der Waals surface area contributed by atoms with E-state index in [4.69, 9.17) is 11.6 Å². The molecule has 0 spiro atoms. The van der Waals surface area contributed by atoms with Crippen molar-refractivity contribution in [3.8, 4) is 0 Å². The lowest BCUT2D eigenvalue weighted by Gasteiger charge is -2.08. The standard InChI is InChI=1S/C16H15ClN2O/c1-19-14-5-3-2-4-13(14)16(18-19)15(20)10-11-6-8-12(17)9-7-11/h2-9,15,20H,10H2,1H3. The summed E-state index contributed by atoms with van der Waals surface area (Å²) < 4.78 is 1.80. The van der Waals surface area contributed by atoms with E-state index in [9.17, 15) is 5.11 Å². The number of rotatable bonds is 3. The van der Waals surface area contributed by atoms with Crippen molar-refractivity contribution in [2.45, 2.75) is 12.5 Å². The van der Waals surface area contributed by atoms with Crippen molar-refractivity contribution in [2.24, 2.45) is 7.05 Å². The first-order chi connectivity index (χ1) is 9.65. The Bertz CT molecular complexity index is 734. The highest BCUT2D eigenvalue weighted by molar-refractivity contribution is 6.30. The first-order valence-corrected chi connectivity index (χ1v) is 6.87. The Morgan fingerprint density at radius 2 is 1.85 bits per heavy atom. The zero-order valence-corrected chi connectivity index (χ0v) is 11.9. The van der Waals surface area contributed by atoms with Crippen molar-refractivity contribution in [3.05, 3.63) is 64.8 Å². The molecule has 102 valence electrons. The van der Waals surface area contributed by atoms with E-state index in [0.717, 1.165) is 22.2 Å². The van der Waals surface area contributed by atoms with Gasteiger partial charge in [-0.25, -0.2) is 0 Å². The van der Waals surface area contributed by atoms with Gasteiger partial charge in [0.15, 0.2) is 0 Å². The second kappa shape index (κ2) is 5.27. The van der Waals surface area contributed by atoms with Crippen molar-refractivity contribution in [3.63, 3.8) is 0 Å². The molecule has 3 rings (SSSR count). The quantitative estimate of drug-likeness (QED) is 0.800. The fourth-order valence-electron chi connectivity index (χ4n) is 2.43. The summed E-state index contributed by atoms with van der Waals surface area (Å²) >= 11 is 5.87. The monoisotopic (exact) mass is 286 g/mol. The van der Waals surface area contributed by atoms with Gasteiger partial charge in [0.1, 0.15) is 6.10 Å². The Morgan fingerprint density at radius 1 is 1.15 bits per heavy atom. The van der Waals surface area contributed by atoms with E-state index in [-0.39, 0.29) is 0 Å². The van der Waals surface area contributed by atoms with E-state index in [2.05, 4.69) is 5.10 Å². The van der Waals surface area contributed by atoms with Crippen molar-refractivity contribution in [1.82, 2.24) is 9.78 Å². The highest BCUT2D eigenvalue weighted by atomic mass is 35.5. The molecule has 3 nitrogen and oxygen atoms in total. The normalized spacial score (nSPS) is 12.8. The van der Waals surface area contributed by atoms with Gasteiger partial charge in [0, 0.05) is 23.9 Å². The summed E-state index contributed by atoms with van der Waals surface area (Å²) in [7, 11) is 1.89. The fraction of sp³-hybridized carbons (Fsp3) is 0.188. The number of hydrogen-bond donors (Lipinski definition) is 1. The molecule has 0 aliphatic carbocycles. The number of aliphatic hydroxyl groups is 1. The SMILES string of the molecule is Cn1nc(C(O)Cc2ccc(Cl)cc2)c2ccccc21. The molecule has 3 aromatic rings. The van der Waals surface area contributed by atoms with E-state index >= 15 is 0 Å². The lowest BCUT2D eigenvalue weighted by molar-refractivity contribution is 0.174. The summed E-state index contributed by atoms with van der Waals surface area (Å²) in [6.07, 6.45) is -0.0969. The Hall–Kier alpha value is -1.84. The van der Waals surface area contributed by atoms with Crippen LogP contribution in [0.15, 0.2) is 48.5 Å². The van der Waals surface area contributed by atoms with Crippen molar-refractivity contribution < 1.29 is 5.11 Å². The molecule has 0 aliphatic rings. The van der Waals surface area contributed by atoms with Crippen molar-refractivity contribution >= 4 is 22.5 Å². The number of benzene rings is 2. The smallest absolute Gasteiger partial charge is 0.102 e. The Balaban J connectivity index is 1.92. The summed E-state index contributed by atoms with van der Waals surface area (Å²) in [4.78, 5) is 0. The molecule has 1 atom stereocenters. The van der Waals surface area contributed by atoms with E-state index in [0.29, 0.717) is 11.4 Å². The van der Waals surface area contributed by atoms with Gasteiger partial charge >= 0.3 is 0 Å². The molecule has 0 aliphatic heterocycles. The van der Waals surface area contributed by atoms with Crippen LogP contribution in [0, 0.1) is 0 Å². The van der Waals surface area contributed by atoms with Gasteiger partial charge in [0.2, 0.25) is 0 Å². The molecular formula is C16H15ClN2O. The summed E-state index contributed by atoms with van der Waals surface area (Å²) in [5, 5.41) is 16.6. The number of halogens is 1. The molecule has 0 saturated heterocycles. The Kier molecular flexibility index (Phi) is 3.47. The summed E-state index contributed by atoms with van der Waals surface area (Å²) in [6, 6.07) is 15.4. The first-order valence-electron chi connectivity index (χ1n) is 6.49. The summed E-state index contributed by atoms with van der Waals surface area (Å²) in [5.41, 5.74) is 2.78. The number of aryl methyl sites for hydroxylation is 1. The van der Waals surface area contributed by atoms with E-state index < -0.39 is 6.10 Å². The molecule has 1 aromatic heterocycles. The number of aliphatic hydroxyl groups excluding tert-OH is 1. The zero-order chi connectivity index (χ0) is 14.1. The van der Waals surface area contributed by atoms with Crippen LogP contribution in [0.2, 0.25) is 5.02 Å². The highest BCUT2D eigenvalue weighted by Gasteiger charge is 2.16. The number of aromatic nitrogens is 2. The fourth-order valence-corrected chi connectivity index (χ4v) is 2.55. The van der Waals surface area contributed by atoms with Crippen LogP contribution < -0.4 is 0 Å².